The summed E-state index contributed by atoms with van der Waals surface area (Å²) in [6.07, 6.45) is 1.14. The topological polar surface area (TPSA) is 95.7 Å². The van der Waals surface area contributed by atoms with Crippen LogP contribution in [0.2, 0.25) is 0 Å². The molecule has 0 aliphatic carbocycles. The van der Waals surface area contributed by atoms with Gasteiger partial charge in [0.25, 0.3) is 0 Å². The number of aromatic amines is 2. The van der Waals surface area contributed by atoms with Gasteiger partial charge in [0.2, 0.25) is 5.88 Å². The van der Waals surface area contributed by atoms with Crippen molar-refractivity contribution in [2.45, 2.75) is 12.5 Å². The van der Waals surface area contributed by atoms with Gasteiger partial charge in [-0.2, -0.15) is 5.10 Å². The van der Waals surface area contributed by atoms with Gasteiger partial charge >= 0.3 is 5.69 Å². The Morgan fingerprint density at radius 3 is 3.06 bits per heavy atom. The second-order valence-corrected chi connectivity index (χ2v) is 4.12. The van der Waals surface area contributed by atoms with Crippen LogP contribution in [0.15, 0.2) is 23.0 Å². The fraction of sp³-hybridized carbons (Fsp3) is 0.364. The Bertz CT molecular complexity index is 585. The average Bonchev–Trinajstić information content (AvgIpc) is 3.01. The van der Waals surface area contributed by atoms with Crippen LogP contribution in [0.5, 0.6) is 5.88 Å². The molecule has 0 spiro atoms. The molecule has 0 radical (unpaired) electrons. The molecule has 1 unspecified atom stereocenters. The van der Waals surface area contributed by atoms with Crippen LogP contribution in [0.25, 0.3) is 11.5 Å². The van der Waals surface area contributed by atoms with Gasteiger partial charge in [0.05, 0.1) is 0 Å². The van der Waals surface area contributed by atoms with Crippen LogP contribution in [0.3, 0.4) is 0 Å². The molecule has 1 atom stereocenters. The molecule has 2 aromatic heterocycles. The lowest BCUT2D eigenvalue weighted by Gasteiger charge is -2.11. The van der Waals surface area contributed by atoms with Crippen LogP contribution in [0, 0.1) is 0 Å². The van der Waals surface area contributed by atoms with Crippen molar-refractivity contribution in [2.24, 2.45) is 0 Å². The lowest BCUT2D eigenvalue weighted by atomic mass is 10.3. The summed E-state index contributed by atoms with van der Waals surface area (Å²) in [7, 11) is 0. The van der Waals surface area contributed by atoms with E-state index >= 15 is 0 Å². The molecule has 0 amide bonds. The SMILES string of the molecule is O=c1[nH]nc(-c2cccc(OC3CCNC3)n2)[nH]1. The molecule has 3 rings (SSSR count). The van der Waals surface area contributed by atoms with E-state index in [4.69, 9.17) is 4.74 Å². The Hall–Kier alpha value is -2.15. The maximum atomic E-state index is 11.0. The molecule has 3 N–H and O–H groups in total. The van der Waals surface area contributed by atoms with Gasteiger partial charge in [-0.05, 0) is 19.0 Å². The summed E-state index contributed by atoms with van der Waals surface area (Å²) in [4.78, 5) is 17.9. The fourth-order valence-electron chi connectivity index (χ4n) is 1.90. The molecular formula is C11H13N5O2. The zero-order valence-electron chi connectivity index (χ0n) is 9.64. The highest BCUT2D eigenvalue weighted by Crippen LogP contribution is 2.17. The number of H-pyrrole nitrogens is 2. The van der Waals surface area contributed by atoms with Gasteiger partial charge in [-0.3, -0.25) is 4.98 Å². The van der Waals surface area contributed by atoms with E-state index in [2.05, 4.69) is 25.5 Å². The number of rotatable bonds is 3. The van der Waals surface area contributed by atoms with E-state index in [1.807, 2.05) is 6.07 Å². The van der Waals surface area contributed by atoms with Crippen molar-refractivity contribution in [1.29, 1.82) is 0 Å². The van der Waals surface area contributed by atoms with Gasteiger partial charge in [-0.25, -0.2) is 14.9 Å². The monoisotopic (exact) mass is 247 g/mol. The molecule has 0 aromatic carbocycles. The zero-order valence-corrected chi connectivity index (χ0v) is 9.64. The molecule has 7 nitrogen and oxygen atoms in total. The minimum Gasteiger partial charge on any atom is -0.473 e. The molecule has 0 bridgehead atoms. The number of pyridine rings is 1. The summed E-state index contributed by atoms with van der Waals surface area (Å²) in [6.45, 7) is 1.81. The van der Waals surface area contributed by atoms with E-state index in [0.717, 1.165) is 19.5 Å². The highest BCUT2D eigenvalue weighted by atomic mass is 16.5. The Kier molecular flexibility index (Phi) is 2.81. The number of ether oxygens (including phenoxy) is 1. The Labute approximate surface area is 103 Å². The predicted octanol–water partition coefficient (Wildman–Crippen LogP) is -0.0993. The Morgan fingerprint density at radius 2 is 2.33 bits per heavy atom. The summed E-state index contributed by atoms with van der Waals surface area (Å²) in [6, 6.07) is 5.39. The summed E-state index contributed by atoms with van der Waals surface area (Å²) in [5.74, 6) is 0.958. The summed E-state index contributed by atoms with van der Waals surface area (Å²) in [5.41, 5.74) is 0.231. The third-order valence-corrected chi connectivity index (χ3v) is 2.77. The van der Waals surface area contributed by atoms with Crippen LogP contribution in [0.1, 0.15) is 6.42 Å². The first kappa shape index (κ1) is 11.0. The number of hydrogen-bond donors (Lipinski definition) is 3. The summed E-state index contributed by atoms with van der Waals surface area (Å²) in [5, 5.41) is 9.37. The maximum absolute atomic E-state index is 11.0. The highest BCUT2D eigenvalue weighted by Gasteiger charge is 2.16. The molecule has 3 heterocycles. The molecule has 1 fully saturated rings. The average molecular weight is 247 g/mol. The van der Waals surface area contributed by atoms with E-state index in [-0.39, 0.29) is 11.8 Å². The largest absolute Gasteiger partial charge is 0.473 e. The van der Waals surface area contributed by atoms with Gasteiger partial charge < -0.3 is 10.1 Å². The third kappa shape index (κ3) is 2.25. The quantitative estimate of drug-likeness (QED) is 0.704. The number of hydrogen-bond acceptors (Lipinski definition) is 5. The number of nitrogens with one attached hydrogen (secondary N) is 3. The zero-order chi connectivity index (χ0) is 12.4. The van der Waals surface area contributed by atoms with Crippen molar-refractivity contribution in [1.82, 2.24) is 25.5 Å². The molecule has 1 aliphatic heterocycles. The molecule has 1 aliphatic rings. The second-order valence-electron chi connectivity index (χ2n) is 4.12. The highest BCUT2D eigenvalue weighted by molar-refractivity contribution is 5.48. The molecule has 0 saturated carbocycles. The lowest BCUT2D eigenvalue weighted by molar-refractivity contribution is 0.214. The standard InChI is InChI=1S/C11H13N5O2/c17-11-14-10(15-16-11)8-2-1-3-9(13-8)18-7-4-5-12-6-7/h1-3,7,12H,4-6H2,(H2,14,15,16,17). The number of nitrogens with zero attached hydrogens (tertiary/aromatic N) is 2. The van der Waals surface area contributed by atoms with Gasteiger partial charge in [0.15, 0.2) is 5.82 Å². The second kappa shape index (κ2) is 4.61. The van der Waals surface area contributed by atoms with Crippen LogP contribution in [0.4, 0.5) is 0 Å². The van der Waals surface area contributed by atoms with Crippen molar-refractivity contribution in [3.8, 4) is 17.4 Å². The maximum Gasteiger partial charge on any atom is 0.340 e. The van der Waals surface area contributed by atoms with Crippen LogP contribution in [-0.2, 0) is 0 Å². The van der Waals surface area contributed by atoms with E-state index < -0.39 is 0 Å². The molecule has 7 heteroatoms. The molecule has 94 valence electrons. The van der Waals surface area contributed by atoms with Crippen LogP contribution < -0.4 is 15.7 Å². The Morgan fingerprint density at radius 1 is 1.39 bits per heavy atom. The minimum absolute atomic E-state index is 0.158. The van der Waals surface area contributed by atoms with Crippen molar-refractivity contribution in [3.05, 3.63) is 28.7 Å². The lowest BCUT2D eigenvalue weighted by Crippen LogP contribution is -2.20. The smallest absolute Gasteiger partial charge is 0.340 e. The van der Waals surface area contributed by atoms with Crippen LogP contribution in [-0.4, -0.2) is 39.4 Å². The first-order chi connectivity index (χ1) is 8.81. The summed E-state index contributed by atoms with van der Waals surface area (Å²) >= 11 is 0. The van der Waals surface area contributed by atoms with Crippen molar-refractivity contribution in [3.63, 3.8) is 0 Å². The van der Waals surface area contributed by atoms with Crippen LogP contribution >= 0.6 is 0 Å². The van der Waals surface area contributed by atoms with Crippen molar-refractivity contribution in [2.75, 3.05) is 13.1 Å². The molecule has 18 heavy (non-hydrogen) atoms. The molecule has 1 saturated heterocycles. The van der Waals surface area contributed by atoms with E-state index in [1.54, 1.807) is 12.1 Å². The predicted molar refractivity (Wildman–Crippen MR) is 64.3 cm³/mol. The number of aromatic nitrogens is 4. The van der Waals surface area contributed by atoms with E-state index in [1.165, 1.54) is 0 Å². The van der Waals surface area contributed by atoms with Crippen molar-refractivity contribution < 1.29 is 4.74 Å². The Balaban J connectivity index is 1.82. The van der Waals surface area contributed by atoms with Crippen molar-refractivity contribution >= 4 is 0 Å². The van der Waals surface area contributed by atoms with Gasteiger partial charge in [-0.15, -0.1) is 0 Å². The fourth-order valence-corrected chi connectivity index (χ4v) is 1.90. The van der Waals surface area contributed by atoms with Gasteiger partial charge in [0.1, 0.15) is 11.8 Å². The first-order valence-electron chi connectivity index (χ1n) is 5.81. The third-order valence-electron chi connectivity index (χ3n) is 2.77. The molecular weight excluding hydrogens is 234 g/mol. The van der Waals surface area contributed by atoms with E-state index in [9.17, 15) is 4.79 Å². The van der Waals surface area contributed by atoms with Gasteiger partial charge in [-0.1, -0.05) is 6.07 Å². The van der Waals surface area contributed by atoms with E-state index in [0.29, 0.717) is 17.4 Å². The first-order valence-corrected chi connectivity index (χ1v) is 5.81. The van der Waals surface area contributed by atoms with Gasteiger partial charge in [0, 0.05) is 12.6 Å². The molecule has 2 aromatic rings. The summed E-state index contributed by atoms with van der Waals surface area (Å²) < 4.78 is 5.74. The minimum atomic E-state index is -0.349. The normalized spacial score (nSPS) is 19.0.